The summed E-state index contributed by atoms with van der Waals surface area (Å²) in [5.41, 5.74) is 2.29. The number of benzene rings is 1. The van der Waals surface area contributed by atoms with Crippen molar-refractivity contribution in [1.29, 1.82) is 0 Å². The quantitative estimate of drug-likeness (QED) is 0.781. The van der Waals surface area contributed by atoms with Gasteiger partial charge < -0.3 is 10.4 Å². The molecule has 0 bridgehead atoms. The number of aryl methyl sites for hydroxylation is 1. The van der Waals surface area contributed by atoms with Gasteiger partial charge in [0, 0.05) is 19.1 Å². The molecule has 1 rings (SSSR count). The second kappa shape index (κ2) is 7.92. The zero-order chi connectivity index (χ0) is 14.3. The standard InChI is InChI=1S/C15H24N2O2/c1-12(2)17(7-8-18)11-15(19)16-10-14-6-4-5-13(3)9-14/h4-6,9,12,18H,7-8,10-11H2,1-3H3,(H,16,19). The first-order chi connectivity index (χ1) is 9.02. The van der Waals surface area contributed by atoms with Crippen LogP contribution in [-0.4, -0.2) is 41.7 Å². The van der Waals surface area contributed by atoms with Crippen LogP contribution in [0.1, 0.15) is 25.0 Å². The summed E-state index contributed by atoms with van der Waals surface area (Å²) in [4.78, 5) is 13.8. The van der Waals surface area contributed by atoms with E-state index in [4.69, 9.17) is 5.11 Å². The zero-order valence-corrected chi connectivity index (χ0v) is 12.0. The van der Waals surface area contributed by atoms with Crippen LogP contribution in [0.25, 0.3) is 0 Å². The van der Waals surface area contributed by atoms with Crippen LogP contribution in [0.15, 0.2) is 24.3 Å². The number of hydrogen-bond donors (Lipinski definition) is 2. The summed E-state index contributed by atoms with van der Waals surface area (Å²) in [6, 6.07) is 8.34. The van der Waals surface area contributed by atoms with Crippen LogP contribution in [0.3, 0.4) is 0 Å². The highest BCUT2D eigenvalue weighted by atomic mass is 16.3. The third-order valence-electron chi connectivity index (χ3n) is 3.04. The molecule has 4 heteroatoms. The van der Waals surface area contributed by atoms with Gasteiger partial charge >= 0.3 is 0 Å². The molecule has 0 spiro atoms. The molecular formula is C15H24N2O2. The highest BCUT2D eigenvalue weighted by Crippen LogP contribution is 2.03. The predicted molar refractivity (Wildman–Crippen MR) is 76.8 cm³/mol. The van der Waals surface area contributed by atoms with Gasteiger partial charge in [-0.05, 0) is 26.3 Å². The third kappa shape index (κ3) is 5.85. The largest absolute Gasteiger partial charge is 0.395 e. The van der Waals surface area contributed by atoms with Gasteiger partial charge in [-0.25, -0.2) is 0 Å². The average molecular weight is 264 g/mol. The molecule has 1 aromatic rings. The average Bonchev–Trinajstić information content (AvgIpc) is 2.36. The molecule has 0 radical (unpaired) electrons. The van der Waals surface area contributed by atoms with Crippen molar-refractivity contribution in [3.05, 3.63) is 35.4 Å². The first-order valence-electron chi connectivity index (χ1n) is 6.70. The topological polar surface area (TPSA) is 52.6 Å². The Morgan fingerprint density at radius 3 is 2.74 bits per heavy atom. The Morgan fingerprint density at radius 2 is 2.16 bits per heavy atom. The molecule has 106 valence electrons. The summed E-state index contributed by atoms with van der Waals surface area (Å²) in [6.45, 7) is 7.54. The van der Waals surface area contributed by atoms with E-state index < -0.39 is 0 Å². The minimum atomic E-state index is -0.0105. The van der Waals surface area contributed by atoms with Crippen LogP contribution in [-0.2, 0) is 11.3 Å². The van der Waals surface area contributed by atoms with Gasteiger partial charge in [-0.3, -0.25) is 9.69 Å². The summed E-state index contributed by atoms with van der Waals surface area (Å²) in [7, 11) is 0. The van der Waals surface area contributed by atoms with E-state index in [1.165, 1.54) is 5.56 Å². The molecule has 2 N–H and O–H groups in total. The van der Waals surface area contributed by atoms with Gasteiger partial charge in [0.2, 0.25) is 5.91 Å². The normalized spacial score (nSPS) is 11.1. The zero-order valence-electron chi connectivity index (χ0n) is 12.0. The van der Waals surface area contributed by atoms with Gasteiger partial charge in [-0.15, -0.1) is 0 Å². The molecule has 19 heavy (non-hydrogen) atoms. The summed E-state index contributed by atoms with van der Waals surface area (Å²) in [6.07, 6.45) is 0. The van der Waals surface area contributed by atoms with Gasteiger partial charge in [-0.2, -0.15) is 0 Å². The Labute approximate surface area is 115 Å². The molecule has 0 aliphatic carbocycles. The summed E-state index contributed by atoms with van der Waals surface area (Å²) >= 11 is 0. The van der Waals surface area contributed by atoms with E-state index in [2.05, 4.69) is 11.4 Å². The lowest BCUT2D eigenvalue weighted by atomic mass is 10.1. The van der Waals surface area contributed by atoms with Crippen molar-refractivity contribution >= 4 is 5.91 Å². The Bertz CT molecular complexity index is 405. The first-order valence-corrected chi connectivity index (χ1v) is 6.70. The SMILES string of the molecule is Cc1cccc(CNC(=O)CN(CCO)C(C)C)c1. The molecule has 0 saturated heterocycles. The van der Waals surface area contributed by atoms with Crippen LogP contribution in [0.5, 0.6) is 0 Å². The first kappa shape index (κ1) is 15.7. The molecule has 0 aliphatic heterocycles. The maximum atomic E-state index is 11.9. The Balaban J connectivity index is 2.42. The van der Waals surface area contributed by atoms with Crippen LogP contribution >= 0.6 is 0 Å². The number of rotatable bonds is 7. The van der Waals surface area contributed by atoms with E-state index >= 15 is 0 Å². The van der Waals surface area contributed by atoms with Gasteiger partial charge in [0.1, 0.15) is 0 Å². The molecule has 0 aromatic heterocycles. The van der Waals surface area contributed by atoms with E-state index in [9.17, 15) is 4.79 Å². The molecule has 1 amide bonds. The second-order valence-corrected chi connectivity index (χ2v) is 5.05. The molecule has 4 nitrogen and oxygen atoms in total. The highest BCUT2D eigenvalue weighted by molar-refractivity contribution is 5.78. The highest BCUT2D eigenvalue weighted by Gasteiger charge is 2.12. The number of nitrogens with zero attached hydrogens (tertiary/aromatic N) is 1. The number of aliphatic hydroxyl groups excluding tert-OH is 1. The fraction of sp³-hybridized carbons (Fsp3) is 0.533. The van der Waals surface area contributed by atoms with Crippen LogP contribution in [0.4, 0.5) is 0 Å². The Morgan fingerprint density at radius 1 is 1.42 bits per heavy atom. The number of hydrogen-bond acceptors (Lipinski definition) is 3. The summed E-state index contributed by atoms with van der Waals surface area (Å²) in [5.74, 6) is -0.0105. The molecule has 1 aromatic carbocycles. The van der Waals surface area contributed by atoms with Crippen molar-refractivity contribution in [3.8, 4) is 0 Å². The van der Waals surface area contributed by atoms with Gasteiger partial charge in [0.05, 0.1) is 13.2 Å². The minimum Gasteiger partial charge on any atom is -0.395 e. The lowest BCUT2D eigenvalue weighted by Crippen LogP contribution is -2.42. The van der Waals surface area contributed by atoms with Crippen molar-refractivity contribution in [2.45, 2.75) is 33.4 Å². The van der Waals surface area contributed by atoms with Crippen molar-refractivity contribution in [3.63, 3.8) is 0 Å². The van der Waals surface area contributed by atoms with Crippen molar-refractivity contribution in [2.75, 3.05) is 19.7 Å². The number of carbonyl (C=O) groups excluding carboxylic acids is 1. The fourth-order valence-electron chi connectivity index (χ4n) is 1.91. The monoisotopic (exact) mass is 264 g/mol. The number of amides is 1. The summed E-state index contributed by atoms with van der Waals surface area (Å²) in [5, 5.41) is 11.9. The van der Waals surface area contributed by atoms with Crippen LogP contribution in [0.2, 0.25) is 0 Å². The van der Waals surface area contributed by atoms with Gasteiger partial charge in [0.25, 0.3) is 0 Å². The van der Waals surface area contributed by atoms with Crippen molar-refractivity contribution < 1.29 is 9.90 Å². The molecule has 0 heterocycles. The Hall–Kier alpha value is -1.39. The van der Waals surface area contributed by atoms with E-state index in [-0.39, 0.29) is 18.6 Å². The maximum absolute atomic E-state index is 11.9. The van der Waals surface area contributed by atoms with E-state index in [0.29, 0.717) is 19.6 Å². The smallest absolute Gasteiger partial charge is 0.234 e. The second-order valence-electron chi connectivity index (χ2n) is 5.05. The summed E-state index contributed by atoms with van der Waals surface area (Å²) < 4.78 is 0. The van der Waals surface area contributed by atoms with Gasteiger partial charge in [0.15, 0.2) is 0 Å². The van der Waals surface area contributed by atoms with Crippen LogP contribution in [0, 0.1) is 6.92 Å². The maximum Gasteiger partial charge on any atom is 0.234 e. The third-order valence-corrected chi connectivity index (χ3v) is 3.04. The number of carbonyl (C=O) groups is 1. The lowest BCUT2D eigenvalue weighted by molar-refractivity contribution is -0.122. The molecule has 0 saturated carbocycles. The van der Waals surface area contributed by atoms with Crippen LogP contribution < -0.4 is 5.32 Å². The molecule has 0 aliphatic rings. The van der Waals surface area contributed by atoms with Crippen molar-refractivity contribution in [2.24, 2.45) is 0 Å². The predicted octanol–water partition coefficient (Wildman–Crippen LogP) is 1.31. The lowest BCUT2D eigenvalue weighted by Gasteiger charge is -2.24. The van der Waals surface area contributed by atoms with E-state index in [1.54, 1.807) is 0 Å². The van der Waals surface area contributed by atoms with E-state index in [0.717, 1.165) is 5.56 Å². The molecule has 0 unspecified atom stereocenters. The van der Waals surface area contributed by atoms with E-state index in [1.807, 2.05) is 43.9 Å². The molecule has 0 fully saturated rings. The molecule has 0 atom stereocenters. The molecular weight excluding hydrogens is 240 g/mol. The number of aliphatic hydroxyl groups is 1. The number of nitrogens with one attached hydrogen (secondary N) is 1. The fourth-order valence-corrected chi connectivity index (χ4v) is 1.91. The van der Waals surface area contributed by atoms with Crippen molar-refractivity contribution in [1.82, 2.24) is 10.2 Å². The van der Waals surface area contributed by atoms with Gasteiger partial charge in [-0.1, -0.05) is 29.8 Å². The minimum absolute atomic E-state index is 0.0105. The Kier molecular flexibility index (Phi) is 6.53.